The average molecular weight is 274 g/mol. The molecule has 1 N–H and O–H groups in total. The molecule has 1 aliphatic rings. The molecule has 3 unspecified atom stereocenters. The third-order valence-corrected chi connectivity index (χ3v) is 4.51. The Morgan fingerprint density at radius 3 is 2.75 bits per heavy atom. The molecule has 1 aromatic rings. The first kappa shape index (κ1) is 14.9. The molecule has 1 aromatic carbocycles. The van der Waals surface area contributed by atoms with Crippen molar-refractivity contribution in [3.05, 3.63) is 29.8 Å². The van der Waals surface area contributed by atoms with Crippen molar-refractivity contribution in [2.45, 2.75) is 52.6 Å². The largest absolute Gasteiger partial charge is 0.382 e. The minimum Gasteiger partial charge on any atom is -0.382 e. The maximum absolute atomic E-state index is 12.8. The van der Waals surface area contributed by atoms with Crippen LogP contribution >= 0.6 is 0 Å². The van der Waals surface area contributed by atoms with E-state index < -0.39 is 0 Å². The van der Waals surface area contributed by atoms with E-state index in [0.29, 0.717) is 6.04 Å². The summed E-state index contributed by atoms with van der Waals surface area (Å²) in [7, 11) is 0. The highest BCUT2D eigenvalue weighted by Crippen LogP contribution is 2.29. The second-order valence-electron chi connectivity index (χ2n) is 5.78. The first-order valence-corrected chi connectivity index (χ1v) is 7.73. The van der Waals surface area contributed by atoms with Crippen LogP contribution in [0.3, 0.4) is 0 Å². The van der Waals surface area contributed by atoms with Crippen LogP contribution in [0.5, 0.6) is 0 Å². The van der Waals surface area contributed by atoms with Crippen LogP contribution in [0.4, 0.5) is 5.69 Å². The van der Waals surface area contributed by atoms with Gasteiger partial charge in [-0.15, -0.1) is 0 Å². The molecule has 110 valence electrons. The lowest BCUT2D eigenvalue weighted by Gasteiger charge is -2.37. The topological polar surface area (TPSA) is 32.3 Å². The second kappa shape index (κ2) is 6.29. The van der Waals surface area contributed by atoms with E-state index in [4.69, 9.17) is 0 Å². The number of anilines is 1. The standard InChI is InChI=1S/C17H26N2O/c1-5-12(3)19(6-2)17(20)15-11-14-9-7-8-10-16(14)18-13(15)4/h7-10,12-13,15,18H,5-6,11H2,1-4H3. The third-order valence-electron chi connectivity index (χ3n) is 4.51. The minimum atomic E-state index is 0.0406. The number of fused-ring (bicyclic) bond motifs is 1. The van der Waals surface area contributed by atoms with Crippen molar-refractivity contribution >= 4 is 11.6 Å². The van der Waals surface area contributed by atoms with Crippen molar-refractivity contribution in [1.82, 2.24) is 4.90 Å². The van der Waals surface area contributed by atoms with E-state index in [1.807, 2.05) is 17.0 Å². The van der Waals surface area contributed by atoms with Gasteiger partial charge in [0.15, 0.2) is 0 Å². The Morgan fingerprint density at radius 2 is 2.10 bits per heavy atom. The molecular formula is C17H26N2O. The van der Waals surface area contributed by atoms with Crippen molar-refractivity contribution in [1.29, 1.82) is 0 Å². The van der Waals surface area contributed by atoms with Gasteiger partial charge < -0.3 is 10.2 Å². The monoisotopic (exact) mass is 274 g/mol. The van der Waals surface area contributed by atoms with E-state index in [1.54, 1.807) is 0 Å². The maximum atomic E-state index is 12.8. The van der Waals surface area contributed by atoms with Crippen LogP contribution in [0.15, 0.2) is 24.3 Å². The van der Waals surface area contributed by atoms with Crippen molar-refractivity contribution in [3.63, 3.8) is 0 Å². The quantitative estimate of drug-likeness (QED) is 0.913. The molecule has 0 aromatic heterocycles. The zero-order valence-corrected chi connectivity index (χ0v) is 13.0. The number of benzene rings is 1. The van der Waals surface area contributed by atoms with E-state index in [1.165, 1.54) is 11.3 Å². The molecule has 1 aliphatic heterocycles. The van der Waals surface area contributed by atoms with Gasteiger partial charge in [0.25, 0.3) is 0 Å². The molecule has 0 saturated heterocycles. The zero-order valence-electron chi connectivity index (χ0n) is 13.0. The highest BCUT2D eigenvalue weighted by molar-refractivity contribution is 5.82. The smallest absolute Gasteiger partial charge is 0.228 e. The van der Waals surface area contributed by atoms with Gasteiger partial charge in [0, 0.05) is 24.3 Å². The number of para-hydroxylation sites is 1. The summed E-state index contributed by atoms with van der Waals surface area (Å²) >= 11 is 0. The minimum absolute atomic E-state index is 0.0406. The molecular weight excluding hydrogens is 248 g/mol. The summed E-state index contributed by atoms with van der Waals surface area (Å²) in [5.41, 5.74) is 2.43. The summed E-state index contributed by atoms with van der Waals surface area (Å²) in [5.74, 6) is 0.329. The van der Waals surface area contributed by atoms with Gasteiger partial charge >= 0.3 is 0 Å². The van der Waals surface area contributed by atoms with Crippen LogP contribution in [-0.2, 0) is 11.2 Å². The SMILES string of the molecule is CCC(C)N(CC)C(=O)C1Cc2ccccc2NC1C. The molecule has 0 saturated carbocycles. The molecule has 3 nitrogen and oxygen atoms in total. The zero-order chi connectivity index (χ0) is 14.7. The maximum Gasteiger partial charge on any atom is 0.228 e. The summed E-state index contributed by atoms with van der Waals surface area (Å²) in [6.07, 6.45) is 1.85. The van der Waals surface area contributed by atoms with Crippen LogP contribution in [0.25, 0.3) is 0 Å². The van der Waals surface area contributed by atoms with Crippen LogP contribution < -0.4 is 5.32 Å². The van der Waals surface area contributed by atoms with Gasteiger partial charge in [-0.25, -0.2) is 0 Å². The Kier molecular flexibility index (Phi) is 4.69. The van der Waals surface area contributed by atoms with Crippen LogP contribution in [0.2, 0.25) is 0 Å². The van der Waals surface area contributed by atoms with Crippen molar-refractivity contribution in [3.8, 4) is 0 Å². The number of nitrogens with zero attached hydrogens (tertiary/aromatic N) is 1. The Balaban J connectivity index is 2.19. The molecule has 1 amide bonds. The molecule has 3 atom stereocenters. The van der Waals surface area contributed by atoms with E-state index >= 15 is 0 Å². The fourth-order valence-corrected chi connectivity index (χ4v) is 3.02. The molecule has 0 spiro atoms. The summed E-state index contributed by atoms with van der Waals surface area (Å²) in [5, 5.41) is 3.48. The molecule has 0 radical (unpaired) electrons. The van der Waals surface area contributed by atoms with E-state index in [9.17, 15) is 4.79 Å². The number of amides is 1. The molecule has 20 heavy (non-hydrogen) atoms. The molecule has 0 bridgehead atoms. The highest BCUT2D eigenvalue weighted by Gasteiger charge is 2.33. The molecule has 2 rings (SSSR count). The number of carbonyl (C=O) groups is 1. The van der Waals surface area contributed by atoms with E-state index in [0.717, 1.165) is 19.4 Å². The Labute approximate surface area is 122 Å². The van der Waals surface area contributed by atoms with Gasteiger partial charge in [-0.1, -0.05) is 25.1 Å². The van der Waals surface area contributed by atoms with Crippen molar-refractivity contribution in [2.24, 2.45) is 5.92 Å². The first-order chi connectivity index (χ1) is 9.58. The summed E-state index contributed by atoms with van der Waals surface area (Å²) in [6.45, 7) is 9.25. The molecule has 0 aliphatic carbocycles. The Hall–Kier alpha value is -1.51. The molecule has 3 heteroatoms. The average Bonchev–Trinajstić information content (AvgIpc) is 2.46. The van der Waals surface area contributed by atoms with Gasteiger partial charge in [-0.3, -0.25) is 4.79 Å². The normalized spacial score (nSPS) is 22.6. The lowest BCUT2D eigenvalue weighted by molar-refractivity contribution is -0.137. The lowest BCUT2D eigenvalue weighted by Crippen LogP contribution is -2.48. The highest BCUT2D eigenvalue weighted by atomic mass is 16.2. The molecule has 0 fully saturated rings. The number of nitrogens with one attached hydrogen (secondary N) is 1. The third kappa shape index (κ3) is 2.82. The Bertz CT molecular complexity index is 472. The fourth-order valence-electron chi connectivity index (χ4n) is 3.02. The van der Waals surface area contributed by atoms with Gasteiger partial charge in [-0.05, 0) is 45.2 Å². The Morgan fingerprint density at radius 1 is 1.40 bits per heavy atom. The number of hydrogen-bond donors (Lipinski definition) is 1. The van der Waals surface area contributed by atoms with Gasteiger partial charge in [-0.2, -0.15) is 0 Å². The van der Waals surface area contributed by atoms with Gasteiger partial charge in [0.2, 0.25) is 5.91 Å². The number of hydrogen-bond acceptors (Lipinski definition) is 2. The van der Waals surface area contributed by atoms with Crippen molar-refractivity contribution < 1.29 is 4.79 Å². The summed E-state index contributed by atoms with van der Waals surface area (Å²) in [6, 6.07) is 8.81. The van der Waals surface area contributed by atoms with Gasteiger partial charge in [0.05, 0.1) is 5.92 Å². The van der Waals surface area contributed by atoms with E-state index in [2.05, 4.69) is 45.1 Å². The number of rotatable bonds is 4. The summed E-state index contributed by atoms with van der Waals surface area (Å²) in [4.78, 5) is 14.9. The predicted octanol–water partition coefficient (Wildman–Crippen LogP) is 3.31. The van der Waals surface area contributed by atoms with Crippen molar-refractivity contribution in [2.75, 3.05) is 11.9 Å². The lowest BCUT2D eigenvalue weighted by atomic mass is 9.86. The predicted molar refractivity (Wildman–Crippen MR) is 83.9 cm³/mol. The summed E-state index contributed by atoms with van der Waals surface area (Å²) < 4.78 is 0. The number of carbonyl (C=O) groups excluding carboxylic acids is 1. The second-order valence-corrected chi connectivity index (χ2v) is 5.78. The van der Waals surface area contributed by atoms with Crippen LogP contribution in [-0.4, -0.2) is 29.4 Å². The van der Waals surface area contributed by atoms with Crippen LogP contribution in [0.1, 0.15) is 39.7 Å². The van der Waals surface area contributed by atoms with E-state index in [-0.39, 0.29) is 17.9 Å². The molecule has 1 heterocycles. The van der Waals surface area contributed by atoms with Crippen LogP contribution in [0, 0.1) is 5.92 Å². The first-order valence-electron chi connectivity index (χ1n) is 7.73. The van der Waals surface area contributed by atoms with Gasteiger partial charge in [0.1, 0.15) is 0 Å². The fraction of sp³-hybridized carbons (Fsp3) is 0.588.